The van der Waals surface area contributed by atoms with E-state index in [0.29, 0.717) is 17.2 Å². The van der Waals surface area contributed by atoms with Gasteiger partial charge in [0.15, 0.2) is 9.84 Å². The molecule has 1 aromatic rings. The minimum absolute atomic E-state index is 0.0924. The fraction of sp³-hybridized carbons (Fsp3) is 0.615. The number of hydrogen-bond acceptors (Lipinski definition) is 4. The van der Waals surface area contributed by atoms with E-state index in [1.807, 2.05) is 13.1 Å². The van der Waals surface area contributed by atoms with E-state index >= 15 is 0 Å². The van der Waals surface area contributed by atoms with Crippen LogP contribution in [0.25, 0.3) is 0 Å². The number of likely N-dealkylation sites (N-methyl/N-ethyl adjacent to an activating group) is 1. The molecular formula is C13H19ClN2O2S. The maximum Gasteiger partial charge on any atom is 0.154 e. The van der Waals surface area contributed by atoms with E-state index in [-0.39, 0.29) is 11.3 Å². The smallest absolute Gasteiger partial charge is 0.154 e. The van der Waals surface area contributed by atoms with Gasteiger partial charge in [-0.2, -0.15) is 0 Å². The number of halogens is 1. The Labute approximate surface area is 119 Å². The molecule has 0 spiro atoms. The van der Waals surface area contributed by atoms with Gasteiger partial charge in [-0.15, -0.1) is 0 Å². The van der Waals surface area contributed by atoms with Gasteiger partial charge < -0.3 is 5.32 Å². The highest BCUT2D eigenvalue weighted by Crippen LogP contribution is 2.25. The van der Waals surface area contributed by atoms with Crippen LogP contribution in [-0.4, -0.2) is 37.5 Å². The topological polar surface area (TPSA) is 59.1 Å². The molecule has 0 saturated carbocycles. The lowest BCUT2D eigenvalue weighted by atomic mass is 10.0. The summed E-state index contributed by atoms with van der Waals surface area (Å²) in [5.74, 6) is 0.305. The summed E-state index contributed by atoms with van der Waals surface area (Å²) in [5, 5.41) is 3.43. The monoisotopic (exact) mass is 302 g/mol. The summed E-state index contributed by atoms with van der Waals surface area (Å²) < 4.78 is 24.3. The molecule has 0 radical (unpaired) electrons. The Morgan fingerprint density at radius 1 is 1.53 bits per heavy atom. The predicted octanol–water partition coefficient (Wildman–Crippen LogP) is 1.83. The van der Waals surface area contributed by atoms with E-state index in [9.17, 15) is 8.42 Å². The lowest BCUT2D eigenvalue weighted by Crippen LogP contribution is -2.46. The van der Waals surface area contributed by atoms with Crippen molar-refractivity contribution in [3.8, 4) is 0 Å². The highest BCUT2D eigenvalue weighted by atomic mass is 35.5. The van der Waals surface area contributed by atoms with Gasteiger partial charge in [-0.3, -0.25) is 4.98 Å². The molecule has 1 aliphatic rings. The Bertz CT molecular complexity index is 533. The third-order valence-corrected chi connectivity index (χ3v) is 6.43. The second-order valence-electron chi connectivity index (χ2n) is 4.97. The number of nitrogens with one attached hydrogen (secondary N) is 1. The fourth-order valence-electron chi connectivity index (χ4n) is 2.66. The summed E-state index contributed by atoms with van der Waals surface area (Å²) in [6, 6.07) is 1.76. The molecule has 0 bridgehead atoms. The van der Waals surface area contributed by atoms with Crippen LogP contribution in [0.3, 0.4) is 0 Å². The van der Waals surface area contributed by atoms with Crippen molar-refractivity contribution in [1.82, 2.24) is 10.3 Å². The third kappa shape index (κ3) is 3.46. The average Bonchev–Trinajstić information content (AvgIpc) is 2.38. The van der Waals surface area contributed by atoms with Gasteiger partial charge in [0.05, 0.1) is 16.0 Å². The minimum atomic E-state index is -2.99. The molecule has 6 heteroatoms. The van der Waals surface area contributed by atoms with Crippen molar-refractivity contribution < 1.29 is 8.42 Å². The highest BCUT2D eigenvalue weighted by Gasteiger charge is 2.34. The number of hydrogen-bond donors (Lipinski definition) is 1. The van der Waals surface area contributed by atoms with E-state index in [1.165, 1.54) is 0 Å². The Balaban J connectivity index is 2.18. The maximum absolute atomic E-state index is 12.2. The van der Waals surface area contributed by atoms with Crippen molar-refractivity contribution in [2.24, 2.45) is 0 Å². The van der Waals surface area contributed by atoms with Gasteiger partial charge in [0.2, 0.25) is 0 Å². The SMILES string of the molecule is CNC(Cc1ccncc1Cl)C1CCCCS1(=O)=O. The first-order valence-electron chi connectivity index (χ1n) is 6.52. The quantitative estimate of drug-likeness (QED) is 0.922. The lowest BCUT2D eigenvalue weighted by molar-refractivity contribution is 0.456. The Morgan fingerprint density at radius 2 is 2.32 bits per heavy atom. The summed E-state index contributed by atoms with van der Waals surface area (Å²) in [5.41, 5.74) is 0.941. The zero-order valence-corrected chi connectivity index (χ0v) is 12.5. The maximum atomic E-state index is 12.2. The molecule has 2 heterocycles. The fourth-order valence-corrected chi connectivity index (χ4v) is 5.02. The molecule has 4 nitrogen and oxygen atoms in total. The van der Waals surface area contributed by atoms with Gasteiger partial charge in [0, 0.05) is 18.4 Å². The first-order valence-corrected chi connectivity index (χ1v) is 8.61. The summed E-state index contributed by atoms with van der Waals surface area (Å²) >= 11 is 6.10. The van der Waals surface area contributed by atoms with Crippen LogP contribution in [0.1, 0.15) is 24.8 Å². The minimum Gasteiger partial charge on any atom is -0.315 e. The van der Waals surface area contributed by atoms with Crippen molar-refractivity contribution in [3.05, 3.63) is 29.0 Å². The van der Waals surface area contributed by atoms with Gasteiger partial charge in [-0.1, -0.05) is 18.0 Å². The molecule has 2 unspecified atom stereocenters. The van der Waals surface area contributed by atoms with Crippen LogP contribution in [0, 0.1) is 0 Å². The number of pyridine rings is 1. The molecule has 106 valence electrons. The van der Waals surface area contributed by atoms with Crippen molar-refractivity contribution in [2.75, 3.05) is 12.8 Å². The molecule has 2 rings (SSSR count). The number of nitrogens with zero attached hydrogens (tertiary/aromatic N) is 1. The van der Waals surface area contributed by atoms with Crippen LogP contribution in [0.15, 0.2) is 18.5 Å². The normalized spacial score (nSPS) is 24.0. The van der Waals surface area contributed by atoms with E-state index in [0.717, 1.165) is 24.8 Å². The highest BCUT2D eigenvalue weighted by molar-refractivity contribution is 7.92. The molecule has 0 aliphatic carbocycles. The standard InChI is InChI=1S/C13H19ClN2O2S/c1-15-12(8-10-5-6-16-9-11(10)14)13-4-2-3-7-19(13,17)18/h5-6,9,12-13,15H,2-4,7-8H2,1H3. The number of aromatic nitrogens is 1. The summed E-state index contributed by atoms with van der Waals surface area (Å²) in [6.07, 6.45) is 6.39. The summed E-state index contributed by atoms with van der Waals surface area (Å²) in [7, 11) is -1.18. The van der Waals surface area contributed by atoms with Gasteiger partial charge in [0.1, 0.15) is 0 Å². The third-order valence-electron chi connectivity index (χ3n) is 3.74. The van der Waals surface area contributed by atoms with Gasteiger partial charge in [-0.05, 0) is 37.9 Å². The number of rotatable bonds is 4. The molecule has 0 aromatic carbocycles. The molecule has 1 fully saturated rings. The molecule has 1 N–H and O–H groups in total. The van der Waals surface area contributed by atoms with Crippen molar-refractivity contribution in [1.29, 1.82) is 0 Å². The molecule has 0 amide bonds. The van der Waals surface area contributed by atoms with E-state index in [2.05, 4.69) is 10.3 Å². The second kappa shape index (κ2) is 6.20. The first kappa shape index (κ1) is 14.8. The van der Waals surface area contributed by atoms with Crippen LogP contribution in [0.5, 0.6) is 0 Å². The van der Waals surface area contributed by atoms with Crippen LogP contribution in [0.2, 0.25) is 5.02 Å². The van der Waals surface area contributed by atoms with Gasteiger partial charge in [0.25, 0.3) is 0 Å². The first-order chi connectivity index (χ1) is 9.04. The zero-order valence-electron chi connectivity index (χ0n) is 11.0. The Hall–Kier alpha value is -0.650. The van der Waals surface area contributed by atoms with Crippen LogP contribution >= 0.6 is 11.6 Å². The van der Waals surface area contributed by atoms with E-state index in [4.69, 9.17) is 11.6 Å². The second-order valence-corrected chi connectivity index (χ2v) is 7.71. The molecular weight excluding hydrogens is 284 g/mol. The van der Waals surface area contributed by atoms with Gasteiger partial charge >= 0.3 is 0 Å². The Kier molecular flexibility index (Phi) is 4.81. The average molecular weight is 303 g/mol. The zero-order chi connectivity index (χ0) is 13.9. The van der Waals surface area contributed by atoms with Crippen molar-refractivity contribution in [2.45, 2.75) is 37.0 Å². The largest absolute Gasteiger partial charge is 0.315 e. The van der Waals surface area contributed by atoms with E-state index in [1.54, 1.807) is 12.4 Å². The van der Waals surface area contributed by atoms with Gasteiger partial charge in [-0.25, -0.2) is 8.42 Å². The molecule has 2 atom stereocenters. The van der Waals surface area contributed by atoms with Crippen molar-refractivity contribution in [3.63, 3.8) is 0 Å². The predicted molar refractivity (Wildman–Crippen MR) is 77.2 cm³/mol. The molecule has 19 heavy (non-hydrogen) atoms. The summed E-state index contributed by atoms with van der Waals surface area (Å²) in [4.78, 5) is 3.95. The summed E-state index contributed by atoms with van der Waals surface area (Å²) in [6.45, 7) is 0. The van der Waals surface area contributed by atoms with Crippen LogP contribution < -0.4 is 5.32 Å². The lowest BCUT2D eigenvalue weighted by Gasteiger charge is -2.30. The Morgan fingerprint density at radius 3 is 2.95 bits per heavy atom. The van der Waals surface area contributed by atoms with E-state index < -0.39 is 9.84 Å². The molecule has 1 saturated heterocycles. The molecule has 1 aliphatic heterocycles. The van der Waals surface area contributed by atoms with Crippen LogP contribution in [-0.2, 0) is 16.3 Å². The van der Waals surface area contributed by atoms with Crippen molar-refractivity contribution >= 4 is 21.4 Å². The number of sulfone groups is 1. The molecule has 1 aromatic heterocycles. The van der Waals surface area contributed by atoms with Crippen LogP contribution in [0.4, 0.5) is 0 Å².